The van der Waals surface area contributed by atoms with Gasteiger partial charge in [0.05, 0.1) is 11.7 Å². The Morgan fingerprint density at radius 2 is 2.18 bits per heavy atom. The maximum absolute atomic E-state index is 13.5. The number of imidazole rings is 1. The predicted molar refractivity (Wildman–Crippen MR) is 58.8 cm³/mol. The third-order valence-corrected chi connectivity index (χ3v) is 3.99. The molecule has 7 heteroatoms. The monoisotopic (exact) mass is 254 g/mol. The number of hydrogen-bond donors (Lipinski definition) is 1. The van der Waals surface area contributed by atoms with Crippen molar-refractivity contribution in [3.8, 4) is 0 Å². The maximum Gasteiger partial charge on any atom is 0.328 e. The highest BCUT2D eigenvalue weighted by Crippen LogP contribution is 2.67. The molecule has 0 unspecified atom stereocenters. The number of hydrogen-bond acceptors (Lipinski definition) is 3. The van der Waals surface area contributed by atoms with Crippen molar-refractivity contribution in [2.75, 3.05) is 0 Å². The van der Waals surface area contributed by atoms with Gasteiger partial charge in [-0.1, -0.05) is 0 Å². The summed E-state index contributed by atoms with van der Waals surface area (Å²) < 4.78 is 15.1. The van der Waals surface area contributed by atoms with Crippen molar-refractivity contribution < 1.29 is 4.39 Å². The van der Waals surface area contributed by atoms with E-state index in [0.717, 1.165) is 0 Å². The summed E-state index contributed by atoms with van der Waals surface area (Å²) in [6, 6.07) is 0. The molecule has 0 atom stereocenters. The van der Waals surface area contributed by atoms with Gasteiger partial charge in [-0.2, -0.15) is 4.98 Å². The second kappa shape index (κ2) is 2.53. The first-order valence-corrected chi connectivity index (χ1v) is 5.72. The molecule has 2 heterocycles. The molecule has 17 heavy (non-hydrogen) atoms. The van der Waals surface area contributed by atoms with E-state index in [-0.39, 0.29) is 16.5 Å². The Morgan fingerprint density at radius 3 is 2.82 bits per heavy atom. The third-order valence-electron chi connectivity index (χ3n) is 3.81. The van der Waals surface area contributed by atoms with Crippen LogP contribution in [0.3, 0.4) is 0 Å². The molecule has 0 aromatic carbocycles. The number of aromatic amines is 1. The highest BCUT2D eigenvalue weighted by atomic mass is 35.5. The molecule has 0 aliphatic heterocycles. The quantitative estimate of drug-likeness (QED) is 0.782. The first kappa shape index (κ1) is 9.58. The zero-order valence-electron chi connectivity index (χ0n) is 8.70. The van der Waals surface area contributed by atoms with Gasteiger partial charge >= 0.3 is 5.69 Å². The molecule has 88 valence electrons. The molecular formula is C10H8ClFN4O. The van der Waals surface area contributed by atoms with Crippen LogP contribution < -0.4 is 5.69 Å². The molecule has 2 aromatic rings. The van der Waals surface area contributed by atoms with Crippen LogP contribution in [-0.2, 0) is 5.54 Å². The van der Waals surface area contributed by atoms with Crippen LogP contribution in [0.1, 0.15) is 19.3 Å². The highest BCUT2D eigenvalue weighted by molar-refractivity contribution is 6.28. The Kier molecular flexibility index (Phi) is 1.43. The molecule has 5 nitrogen and oxygen atoms in total. The first-order valence-electron chi connectivity index (χ1n) is 5.34. The number of nitrogens with one attached hydrogen (secondary N) is 1. The summed E-state index contributed by atoms with van der Waals surface area (Å²) in [4.78, 5) is 22.4. The van der Waals surface area contributed by atoms with Gasteiger partial charge in [-0.25, -0.2) is 14.2 Å². The Bertz CT molecular complexity index is 686. The van der Waals surface area contributed by atoms with E-state index in [1.165, 1.54) is 10.8 Å². The molecular weight excluding hydrogens is 247 g/mol. The zero-order valence-corrected chi connectivity index (χ0v) is 9.46. The van der Waals surface area contributed by atoms with E-state index >= 15 is 0 Å². The van der Waals surface area contributed by atoms with Crippen molar-refractivity contribution >= 4 is 22.8 Å². The molecule has 2 bridgehead atoms. The fourth-order valence-electron chi connectivity index (χ4n) is 3.17. The molecule has 0 saturated heterocycles. The van der Waals surface area contributed by atoms with Crippen LogP contribution in [0.15, 0.2) is 11.0 Å². The van der Waals surface area contributed by atoms with E-state index in [4.69, 9.17) is 11.6 Å². The molecule has 3 fully saturated rings. The van der Waals surface area contributed by atoms with E-state index in [1.54, 1.807) is 0 Å². The lowest BCUT2D eigenvalue weighted by Gasteiger charge is -2.65. The average molecular weight is 255 g/mol. The van der Waals surface area contributed by atoms with Crippen LogP contribution in [-0.4, -0.2) is 25.2 Å². The summed E-state index contributed by atoms with van der Waals surface area (Å²) in [6.07, 6.45) is 2.66. The second-order valence-electron chi connectivity index (χ2n) is 5.05. The van der Waals surface area contributed by atoms with Gasteiger partial charge in [0.25, 0.3) is 0 Å². The van der Waals surface area contributed by atoms with Gasteiger partial charge in [0, 0.05) is 19.3 Å². The van der Waals surface area contributed by atoms with Gasteiger partial charge in [0.1, 0.15) is 11.2 Å². The van der Waals surface area contributed by atoms with Crippen molar-refractivity contribution in [2.45, 2.75) is 30.5 Å². The van der Waals surface area contributed by atoms with E-state index < -0.39 is 5.67 Å². The van der Waals surface area contributed by atoms with Gasteiger partial charge in [-0.15, -0.1) is 0 Å². The number of fused-ring (bicyclic) bond motifs is 1. The van der Waals surface area contributed by atoms with E-state index in [9.17, 15) is 9.18 Å². The minimum Gasteiger partial charge on any atom is -0.303 e. The molecule has 5 rings (SSSR count). The topological polar surface area (TPSA) is 63.6 Å². The fourth-order valence-corrected chi connectivity index (χ4v) is 3.30. The highest BCUT2D eigenvalue weighted by Gasteiger charge is 2.71. The van der Waals surface area contributed by atoms with Crippen molar-refractivity contribution in [2.24, 2.45) is 0 Å². The minimum atomic E-state index is -1.06. The Labute approximate surface area is 99.6 Å². The van der Waals surface area contributed by atoms with Gasteiger partial charge in [0.15, 0.2) is 5.65 Å². The molecule has 3 saturated carbocycles. The Morgan fingerprint density at radius 1 is 1.47 bits per heavy atom. The lowest BCUT2D eigenvalue weighted by Crippen LogP contribution is -2.71. The summed E-state index contributed by atoms with van der Waals surface area (Å²) in [5, 5.41) is 0.0896. The van der Waals surface area contributed by atoms with Crippen LogP contribution in [0.2, 0.25) is 5.28 Å². The smallest absolute Gasteiger partial charge is 0.303 e. The SMILES string of the molecule is O=c1[nH]c2cnc(Cl)nc2n1C12CC(F)(C1)C2. The average Bonchev–Trinajstić information content (AvgIpc) is 2.48. The number of rotatable bonds is 1. The van der Waals surface area contributed by atoms with Gasteiger partial charge in [-0.05, 0) is 11.6 Å². The molecule has 0 radical (unpaired) electrons. The number of nitrogens with zero attached hydrogens (tertiary/aromatic N) is 3. The molecule has 2 aromatic heterocycles. The normalized spacial score (nSPS) is 34.5. The summed E-state index contributed by atoms with van der Waals surface area (Å²) in [5.74, 6) is 0. The van der Waals surface area contributed by atoms with Crippen LogP contribution in [0, 0.1) is 0 Å². The van der Waals surface area contributed by atoms with E-state index in [2.05, 4.69) is 15.0 Å². The van der Waals surface area contributed by atoms with Crippen LogP contribution in [0.25, 0.3) is 11.2 Å². The lowest BCUT2D eigenvalue weighted by molar-refractivity contribution is -0.197. The molecule has 3 aliphatic rings. The fraction of sp³-hybridized carbons (Fsp3) is 0.500. The van der Waals surface area contributed by atoms with Crippen LogP contribution >= 0.6 is 11.6 Å². The van der Waals surface area contributed by atoms with Gasteiger partial charge in [-0.3, -0.25) is 4.57 Å². The Hall–Kier alpha value is -1.43. The van der Waals surface area contributed by atoms with E-state index in [0.29, 0.717) is 30.4 Å². The molecule has 3 aliphatic carbocycles. The van der Waals surface area contributed by atoms with E-state index in [1.807, 2.05) is 0 Å². The van der Waals surface area contributed by atoms with Gasteiger partial charge < -0.3 is 4.98 Å². The maximum atomic E-state index is 13.5. The molecule has 0 spiro atoms. The van der Waals surface area contributed by atoms with Gasteiger partial charge in [0.2, 0.25) is 5.28 Å². The summed E-state index contributed by atoms with van der Waals surface area (Å²) in [5.41, 5.74) is -0.700. The standard InChI is InChI=1S/C10H8ClFN4O/c11-7-13-1-5-6(15-7)16(8(17)14-5)10-2-9(12,3-10)4-10/h1H,2-4H2,(H,14,17). The van der Waals surface area contributed by atoms with Crippen molar-refractivity contribution in [3.63, 3.8) is 0 Å². The number of aromatic nitrogens is 4. The van der Waals surface area contributed by atoms with Crippen molar-refractivity contribution in [3.05, 3.63) is 22.0 Å². The van der Waals surface area contributed by atoms with Crippen molar-refractivity contribution in [1.29, 1.82) is 0 Å². The largest absolute Gasteiger partial charge is 0.328 e. The van der Waals surface area contributed by atoms with Crippen LogP contribution in [0.5, 0.6) is 0 Å². The number of halogens is 2. The molecule has 0 amide bonds. The third kappa shape index (κ3) is 1.02. The first-order chi connectivity index (χ1) is 8.01. The molecule has 1 N–H and O–H groups in total. The van der Waals surface area contributed by atoms with Crippen LogP contribution in [0.4, 0.5) is 4.39 Å². The second-order valence-corrected chi connectivity index (χ2v) is 5.39. The predicted octanol–water partition coefficient (Wildman–Crippen LogP) is 1.37. The number of alkyl halides is 1. The van der Waals surface area contributed by atoms with Crippen molar-refractivity contribution in [1.82, 2.24) is 19.5 Å². The Balaban J connectivity index is 1.98. The lowest BCUT2D eigenvalue weighted by atomic mass is 9.47. The zero-order chi connectivity index (χ0) is 11.8. The summed E-state index contributed by atoms with van der Waals surface area (Å²) in [6.45, 7) is 0. The number of H-pyrrole nitrogens is 1. The minimum absolute atomic E-state index is 0.0896. The summed E-state index contributed by atoms with van der Waals surface area (Å²) >= 11 is 5.73. The summed E-state index contributed by atoms with van der Waals surface area (Å²) in [7, 11) is 0.